The molecule has 1 atom stereocenters. The number of carboxylic acid groups (broad SMARTS) is 1. The fraction of sp³-hybridized carbons (Fsp3) is 0.462. The molecule has 0 saturated carbocycles. The third kappa shape index (κ3) is 2.59. The zero-order chi connectivity index (χ0) is 11.5. The summed E-state index contributed by atoms with van der Waals surface area (Å²) in [6, 6.07) is 6.39. The molecule has 2 nitrogen and oxygen atoms in total. The Bertz CT molecular complexity index is 401. The topological polar surface area (TPSA) is 37.3 Å². The molecule has 1 aromatic carbocycles. The molecule has 86 valence electrons. The van der Waals surface area contributed by atoms with Crippen molar-refractivity contribution >= 4 is 17.7 Å². The van der Waals surface area contributed by atoms with Crippen molar-refractivity contribution in [1.29, 1.82) is 0 Å². The van der Waals surface area contributed by atoms with E-state index in [0.717, 1.165) is 18.6 Å². The number of carbonyl (C=O) groups is 1. The van der Waals surface area contributed by atoms with Gasteiger partial charge in [0.1, 0.15) is 0 Å². The van der Waals surface area contributed by atoms with Crippen LogP contribution in [0.2, 0.25) is 0 Å². The van der Waals surface area contributed by atoms with E-state index in [4.69, 9.17) is 5.11 Å². The number of thioether (sulfide) groups is 1. The van der Waals surface area contributed by atoms with E-state index < -0.39 is 5.97 Å². The van der Waals surface area contributed by atoms with Crippen LogP contribution in [-0.2, 0) is 4.79 Å². The lowest BCUT2D eigenvalue weighted by molar-refractivity contribution is -0.137. The van der Waals surface area contributed by atoms with Crippen molar-refractivity contribution in [2.75, 3.05) is 5.75 Å². The molecule has 0 saturated heterocycles. The Kier molecular flexibility index (Phi) is 3.54. The third-order valence-electron chi connectivity index (χ3n) is 2.98. The zero-order valence-electron chi connectivity index (χ0n) is 9.40. The molecule has 0 aliphatic carbocycles. The van der Waals surface area contributed by atoms with Gasteiger partial charge in [0, 0.05) is 4.90 Å². The van der Waals surface area contributed by atoms with Gasteiger partial charge in [-0.15, -0.1) is 11.8 Å². The molecule has 0 bridgehead atoms. The summed E-state index contributed by atoms with van der Waals surface area (Å²) in [5, 5.41) is 8.95. The Labute approximate surface area is 100 Å². The van der Waals surface area contributed by atoms with Gasteiger partial charge in [-0.2, -0.15) is 0 Å². The van der Waals surface area contributed by atoms with Gasteiger partial charge in [0.25, 0.3) is 0 Å². The number of hydrogen-bond acceptors (Lipinski definition) is 2. The molecule has 0 amide bonds. The molecule has 3 heteroatoms. The van der Waals surface area contributed by atoms with Crippen LogP contribution in [0.5, 0.6) is 0 Å². The minimum Gasteiger partial charge on any atom is -0.481 e. The Morgan fingerprint density at radius 2 is 2.38 bits per heavy atom. The normalized spacial score (nSPS) is 19.9. The van der Waals surface area contributed by atoms with Crippen LogP contribution < -0.4 is 0 Å². The second-order valence-electron chi connectivity index (χ2n) is 4.33. The predicted molar refractivity (Wildman–Crippen MR) is 66.1 cm³/mol. The Morgan fingerprint density at radius 3 is 3.12 bits per heavy atom. The highest BCUT2D eigenvalue weighted by atomic mass is 32.2. The van der Waals surface area contributed by atoms with Crippen LogP contribution in [0.3, 0.4) is 0 Å². The summed E-state index contributed by atoms with van der Waals surface area (Å²) in [5.41, 5.74) is 2.46. The van der Waals surface area contributed by atoms with Crippen LogP contribution >= 0.6 is 11.8 Å². The first kappa shape index (κ1) is 11.5. The second-order valence-corrected chi connectivity index (χ2v) is 5.46. The molecular formula is C13H16O2S. The maximum absolute atomic E-state index is 10.9. The summed E-state index contributed by atoms with van der Waals surface area (Å²) in [5.74, 6) is 0.610. The number of benzene rings is 1. The van der Waals surface area contributed by atoms with Crippen molar-refractivity contribution in [3.8, 4) is 0 Å². The van der Waals surface area contributed by atoms with E-state index in [1.165, 1.54) is 16.0 Å². The molecule has 1 N–H and O–H groups in total. The predicted octanol–water partition coefficient (Wildman–Crippen LogP) is 3.44. The minimum atomic E-state index is -0.690. The molecule has 0 radical (unpaired) electrons. The lowest BCUT2D eigenvalue weighted by atomic mass is 9.90. The van der Waals surface area contributed by atoms with Crippen LogP contribution in [0.15, 0.2) is 23.1 Å². The third-order valence-corrected chi connectivity index (χ3v) is 4.16. The molecule has 0 aromatic heterocycles. The van der Waals surface area contributed by atoms with Crippen LogP contribution in [0.4, 0.5) is 0 Å². The van der Waals surface area contributed by atoms with Crippen molar-refractivity contribution in [3.05, 3.63) is 29.3 Å². The monoisotopic (exact) mass is 236 g/mol. The first-order chi connectivity index (χ1) is 7.66. The number of aliphatic carboxylic acids is 1. The second kappa shape index (κ2) is 4.91. The maximum atomic E-state index is 10.9. The molecule has 1 unspecified atom stereocenters. The molecule has 1 heterocycles. The van der Waals surface area contributed by atoms with E-state index >= 15 is 0 Å². The van der Waals surface area contributed by atoms with Gasteiger partial charge in [0.2, 0.25) is 0 Å². The van der Waals surface area contributed by atoms with E-state index in [2.05, 4.69) is 25.1 Å². The van der Waals surface area contributed by atoms with E-state index in [-0.39, 0.29) is 12.3 Å². The number of aryl methyl sites for hydroxylation is 1. The molecule has 16 heavy (non-hydrogen) atoms. The smallest absolute Gasteiger partial charge is 0.303 e. The lowest BCUT2D eigenvalue weighted by Crippen LogP contribution is -2.06. The van der Waals surface area contributed by atoms with Gasteiger partial charge in [-0.3, -0.25) is 4.79 Å². The van der Waals surface area contributed by atoms with Gasteiger partial charge in [-0.05, 0) is 43.1 Å². The standard InChI is InChI=1S/C13H16O2S/c1-9-4-5-12-11(7-9)10(8-13(14)15)3-2-6-16-12/h4-5,7,10H,2-3,6,8H2,1H3,(H,14,15). The van der Waals surface area contributed by atoms with Crippen molar-refractivity contribution in [2.45, 2.75) is 37.0 Å². The van der Waals surface area contributed by atoms with Crippen LogP contribution in [-0.4, -0.2) is 16.8 Å². The van der Waals surface area contributed by atoms with Gasteiger partial charge >= 0.3 is 5.97 Å². The van der Waals surface area contributed by atoms with Gasteiger partial charge in [-0.1, -0.05) is 17.7 Å². The fourth-order valence-electron chi connectivity index (χ4n) is 2.21. The summed E-state index contributed by atoms with van der Waals surface area (Å²) in [7, 11) is 0. The number of rotatable bonds is 2. The Hall–Kier alpha value is -0.960. The van der Waals surface area contributed by atoms with Crippen molar-refractivity contribution < 1.29 is 9.90 Å². The quantitative estimate of drug-likeness (QED) is 0.854. The van der Waals surface area contributed by atoms with E-state index in [1.54, 1.807) is 0 Å². The first-order valence-electron chi connectivity index (χ1n) is 5.62. The van der Waals surface area contributed by atoms with Gasteiger partial charge in [0.05, 0.1) is 6.42 Å². The van der Waals surface area contributed by atoms with E-state index in [1.807, 2.05) is 11.8 Å². The molecule has 1 aliphatic heterocycles. The van der Waals surface area contributed by atoms with Crippen molar-refractivity contribution in [2.24, 2.45) is 0 Å². The minimum absolute atomic E-state index is 0.197. The average Bonchev–Trinajstić information content (AvgIpc) is 2.41. The largest absolute Gasteiger partial charge is 0.481 e. The number of carboxylic acids is 1. The summed E-state index contributed by atoms with van der Waals surface area (Å²) in [6.45, 7) is 2.06. The highest BCUT2D eigenvalue weighted by Crippen LogP contribution is 2.38. The van der Waals surface area contributed by atoms with Crippen LogP contribution in [0, 0.1) is 6.92 Å². The highest BCUT2D eigenvalue weighted by molar-refractivity contribution is 7.99. The Balaban J connectivity index is 2.34. The SMILES string of the molecule is Cc1ccc2c(c1)C(CC(=O)O)CCCS2. The number of fused-ring (bicyclic) bond motifs is 1. The number of hydrogen-bond donors (Lipinski definition) is 1. The van der Waals surface area contributed by atoms with Gasteiger partial charge < -0.3 is 5.11 Å². The lowest BCUT2D eigenvalue weighted by Gasteiger charge is -2.15. The zero-order valence-corrected chi connectivity index (χ0v) is 10.2. The van der Waals surface area contributed by atoms with Crippen molar-refractivity contribution in [3.63, 3.8) is 0 Å². The highest BCUT2D eigenvalue weighted by Gasteiger charge is 2.21. The molecule has 2 rings (SSSR count). The van der Waals surface area contributed by atoms with Crippen LogP contribution in [0.25, 0.3) is 0 Å². The van der Waals surface area contributed by atoms with E-state index in [0.29, 0.717) is 0 Å². The summed E-state index contributed by atoms with van der Waals surface area (Å²) >= 11 is 1.86. The summed E-state index contributed by atoms with van der Waals surface area (Å²) < 4.78 is 0. The first-order valence-corrected chi connectivity index (χ1v) is 6.60. The van der Waals surface area contributed by atoms with Gasteiger partial charge in [-0.25, -0.2) is 0 Å². The van der Waals surface area contributed by atoms with Gasteiger partial charge in [0.15, 0.2) is 0 Å². The molecule has 1 aliphatic rings. The maximum Gasteiger partial charge on any atom is 0.303 e. The molecule has 0 spiro atoms. The van der Waals surface area contributed by atoms with Crippen molar-refractivity contribution in [1.82, 2.24) is 0 Å². The van der Waals surface area contributed by atoms with Crippen LogP contribution in [0.1, 0.15) is 36.3 Å². The average molecular weight is 236 g/mol. The van der Waals surface area contributed by atoms with E-state index in [9.17, 15) is 4.79 Å². The molecule has 0 fully saturated rings. The fourth-order valence-corrected chi connectivity index (χ4v) is 3.30. The Morgan fingerprint density at radius 1 is 1.56 bits per heavy atom. The molecular weight excluding hydrogens is 220 g/mol. The summed E-state index contributed by atoms with van der Waals surface area (Å²) in [6.07, 6.45) is 2.36. The summed E-state index contributed by atoms with van der Waals surface area (Å²) in [4.78, 5) is 12.1. The molecule has 1 aromatic rings.